The highest BCUT2D eigenvalue weighted by atomic mass is 16.4. The van der Waals surface area contributed by atoms with Gasteiger partial charge in [0.05, 0.1) is 22.3 Å². The molecule has 0 heterocycles. The number of aryl methyl sites for hydroxylation is 4. The highest BCUT2D eigenvalue weighted by Crippen LogP contribution is 2.43. The summed E-state index contributed by atoms with van der Waals surface area (Å²) in [6, 6.07) is 24.1. The van der Waals surface area contributed by atoms with Gasteiger partial charge in [-0.1, -0.05) is 48.5 Å². The molecule has 46 heavy (non-hydrogen) atoms. The molecule has 0 saturated heterocycles. The Bertz CT molecular complexity index is 1810. The average molecular weight is 615 g/mol. The van der Waals surface area contributed by atoms with Gasteiger partial charge in [0.1, 0.15) is 0 Å². The third kappa shape index (κ3) is 5.88. The fourth-order valence-corrected chi connectivity index (χ4v) is 5.84. The molecule has 0 amide bonds. The monoisotopic (exact) mass is 614 g/mol. The van der Waals surface area contributed by atoms with Crippen LogP contribution in [0, 0.1) is 27.7 Å². The van der Waals surface area contributed by atoms with Gasteiger partial charge >= 0.3 is 23.9 Å². The summed E-state index contributed by atoms with van der Waals surface area (Å²) in [6.45, 7) is 6.87. The van der Waals surface area contributed by atoms with Crippen molar-refractivity contribution < 1.29 is 39.6 Å². The molecule has 4 N–H and O–H groups in total. The van der Waals surface area contributed by atoms with Gasteiger partial charge in [0.25, 0.3) is 0 Å². The molecule has 0 saturated carbocycles. The zero-order valence-corrected chi connectivity index (χ0v) is 25.5. The SMILES string of the molecule is Cc1cc(-c2cc(-c3ccc(C(=O)O)c(C)c3)c(-c3ccc(C(=O)O)c(C)c3)cc2-c2ccc(C(=O)O)c(C)c2)ccc1C(=O)O. The highest BCUT2D eigenvalue weighted by Gasteiger charge is 2.20. The van der Waals surface area contributed by atoms with Crippen LogP contribution in [0.5, 0.6) is 0 Å². The first kappa shape index (κ1) is 31.4. The van der Waals surface area contributed by atoms with Crippen molar-refractivity contribution in [2.75, 3.05) is 0 Å². The fourth-order valence-electron chi connectivity index (χ4n) is 5.84. The lowest BCUT2D eigenvalue weighted by molar-refractivity contribution is 0.0685. The van der Waals surface area contributed by atoms with E-state index in [1.54, 1.807) is 100 Å². The van der Waals surface area contributed by atoms with E-state index in [0.717, 1.165) is 44.5 Å². The number of aromatic carboxylic acids is 4. The average Bonchev–Trinajstić information content (AvgIpc) is 2.99. The molecule has 0 aliphatic heterocycles. The van der Waals surface area contributed by atoms with Crippen LogP contribution in [0.1, 0.15) is 63.7 Å². The van der Waals surface area contributed by atoms with Gasteiger partial charge in [0, 0.05) is 0 Å². The Kier molecular flexibility index (Phi) is 8.31. The van der Waals surface area contributed by atoms with Crippen molar-refractivity contribution in [1.29, 1.82) is 0 Å². The number of hydrogen-bond donors (Lipinski definition) is 4. The summed E-state index contributed by atoms with van der Waals surface area (Å²) < 4.78 is 0. The molecule has 5 aromatic rings. The molecule has 0 aliphatic carbocycles. The highest BCUT2D eigenvalue weighted by molar-refractivity contribution is 5.99. The van der Waals surface area contributed by atoms with E-state index >= 15 is 0 Å². The summed E-state index contributed by atoms with van der Waals surface area (Å²) in [5.74, 6) is -4.19. The lowest BCUT2D eigenvalue weighted by Gasteiger charge is -2.20. The predicted molar refractivity (Wildman–Crippen MR) is 175 cm³/mol. The Labute approximate surface area is 264 Å². The van der Waals surface area contributed by atoms with Crippen LogP contribution >= 0.6 is 0 Å². The molecule has 0 radical (unpaired) electrons. The Morgan fingerprint density at radius 2 is 0.543 bits per heavy atom. The second-order valence-corrected chi connectivity index (χ2v) is 11.3. The first-order valence-electron chi connectivity index (χ1n) is 14.3. The van der Waals surface area contributed by atoms with E-state index in [9.17, 15) is 39.6 Å². The van der Waals surface area contributed by atoms with E-state index in [2.05, 4.69) is 0 Å². The molecule has 230 valence electrons. The second-order valence-electron chi connectivity index (χ2n) is 11.3. The largest absolute Gasteiger partial charge is 0.478 e. The molecule has 8 heteroatoms. The van der Waals surface area contributed by atoms with Crippen molar-refractivity contribution in [3.63, 3.8) is 0 Å². The topological polar surface area (TPSA) is 149 Å². The van der Waals surface area contributed by atoms with Crippen LogP contribution in [-0.4, -0.2) is 44.3 Å². The summed E-state index contributed by atoms with van der Waals surface area (Å²) in [5.41, 5.74) is 8.72. The number of rotatable bonds is 8. The van der Waals surface area contributed by atoms with Crippen LogP contribution in [0.25, 0.3) is 44.5 Å². The summed E-state index contributed by atoms with van der Waals surface area (Å²) in [5, 5.41) is 38.6. The van der Waals surface area contributed by atoms with Crippen molar-refractivity contribution in [2.24, 2.45) is 0 Å². The van der Waals surface area contributed by atoms with Gasteiger partial charge in [0.15, 0.2) is 0 Å². The van der Waals surface area contributed by atoms with Gasteiger partial charge in [-0.2, -0.15) is 0 Å². The zero-order chi connectivity index (χ0) is 33.4. The Morgan fingerprint density at radius 3 is 0.696 bits per heavy atom. The van der Waals surface area contributed by atoms with Crippen LogP contribution in [-0.2, 0) is 0 Å². The van der Waals surface area contributed by atoms with Crippen LogP contribution in [0.4, 0.5) is 0 Å². The van der Waals surface area contributed by atoms with Crippen LogP contribution in [0.3, 0.4) is 0 Å². The first-order chi connectivity index (χ1) is 21.8. The van der Waals surface area contributed by atoms with Crippen molar-refractivity contribution in [2.45, 2.75) is 27.7 Å². The third-order valence-corrected chi connectivity index (χ3v) is 8.23. The van der Waals surface area contributed by atoms with E-state index < -0.39 is 23.9 Å². The molecule has 0 fully saturated rings. The summed E-state index contributed by atoms with van der Waals surface area (Å²) >= 11 is 0. The predicted octanol–water partition coefficient (Wildman–Crippen LogP) is 8.38. The molecule has 0 aromatic heterocycles. The lowest BCUT2D eigenvalue weighted by atomic mass is 9.83. The lowest BCUT2D eigenvalue weighted by Crippen LogP contribution is -2.02. The number of carboxylic acids is 4. The maximum Gasteiger partial charge on any atom is 0.335 e. The molecule has 0 spiro atoms. The normalized spacial score (nSPS) is 10.9. The van der Waals surface area contributed by atoms with Gasteiger partial charge in [-0.3, -0.25) is 0 Å². The van der Waals surface area contributed by atoms with E-state index in [1.165, 1.54) is 0 Å². The molecule has 0 unspecified atom stereocenters. The maximum absolute atomic E-state index is 11.8. The summed E-state index contributed by atoms with van der Waals surface area (Å²) in [6.07, 6.45) is 0. The Morgan fingerprint density at radius 1 is 0.348 bits per heavy atom. The van der Waals surface area contributed by atoms with Gasteiger partial charge < -0.3 is 20.4 Å². The standard InChI is InChI=1S/C38H30O8/c1-19-13-23(5-9-27(19)35(39)40)31-17-33(25-7-11-29(37(43)44)21(3)15-25)34(26-8-12-30(38(45)46)22(4)16-26)18-32(31)24-6-10-28(36(41)42)20(2)14-24/h5-18H,1-4H3,(H,39,40)(H,41,42)(H,43,44)(H,45,46). The number of hydrogen-bond acceptors (Lipinski definition) is 4. The van der Waals surface area contributed by atoms with Crippen molar-refractivity contribution in [3.05, 3.63) is 129 Å². The summed E-state index contributed by atoms with van der Waals surface area (Å²) in [7, 11) is 0. The van der Waals surface area contributed by atoms with Gasteiger partial charge in [0.2, 0.25) is 0 Å². The van der Waals surface area contributed by atoms with E-state index in [-0.39, 0.29) is 22.3 Å². The molecule has 8 nitrogen and oxygen atoms in total. The molecule has 5 rings (SSSR count). The summed E-state index contributed by atoms with van der Waals surface area (Å²) in [4.78, 5) is 47.2. The van der Waals surface area contributed by atoms with Crippen LogP contribution in [0.15, 0.2) is 84.9 Å². The number of carboxylic acid groups (broad SMARTS) is 4. The van der Waals surface area contributed by atoms with Crippen LogP contribution in [0.2, 0.25) is 0 Å². The van der Waals surface area contributed by atoms with Gasteiger partial charge in [-0.25, -0.2) is 19.2 Å². The Balaban J connectivity index is 1.89. The molecule has 0 bridgehead atoms. The molecule has 5 aromatic carbocycles. The Hall–Kier alpha value is -6.02. The second kappa shape index (κ2) is 12.2. The zero-order valence-electron chi connectivity index (χ0n) is 25.5. The minimum absolute atomic E-state index is 0.165. The van der Waals surface area contributed by atoms with E-state index in [0.29, 0.717) is 22.3 Å². The minimum Gasteiger partial charge on any atom is -0.478 e. The third-order valence-electron chi connectivity index (χ3n) is 8.23. The molecular formula is C38H30O8. The van der Waals surface area contributed by atoms with Gasteiger partial charge in [-0.15, -0.1) is 0 Å². The fraction of sp³-hybridized carbons (Fsp3) is 0.105. The van der Waals surface area contributed by atoms with Crippen molar-refractivity contribution in [3.8, 4) is 44.5 Å². The molecule has 0 atom stereocenters. The number of benzene rings is 5. The van der Waals surface area contributed by atoms with Crippen LogP contribution < -0.4 is 0 Å². The maximum atomic E-state index is 11.8. The smallest absolute Gasteiger partial charge is 0.335 e. The minimum atomic E-state index is -1.05. The van der Waals surface area contributed by atoms with E-state index in [4.69, 9.17) is 0 Å². The van der Waals surface area contributed by atoms with Crippen molar-refractivity contribution >= 4 is 23.9 Å². The molecule has 0 aliphatic rings. The van der Waals surface area contributed by atoms with Gasteiger partial charge in [-0.05, 0) is 131 Å². The quantitative estimate of drug-likeness (QED) is 0.136. The van der Waals surface area contributed by atoms with E-state index in [1.807, 2.05) is 12.1 Å². The molecular weight excluding hydrogens is 584 g/mol. The first-order valence-corrected chi connectivity index (χ1v) is 14.3. The van der Waals surface area contributed by atoms with Crippen molar-refractivity contribution in [1.82, 2.24) is 0 Å². The number of carbonyl (C=O) groups is 4.